The fourth-order valence-corrected chi connectivity index (χ4v) is 11.9. The molecule has 114 valence electrons. The number of hydrogen-bond donors (Lipinski definition) is 0. The minimum absolute atomic E-state index is 1.16. The molecule has 0 unspecified atom stereocenters. The van der Waals surface area contributed by atoms with Crippen molar-refractivity contribution in [1.29, 1.82) is 0 Å². The van der Waals surface area contributed by atoms with Crippen molar-refractivity contribution >= 4 is 21.4 Å². The zero-order valence-electron chi connectivity index (χ0n) is 14.2. The van der Waals surface area contributed by atoms with Crippen LogP contribution in [0.4, 0.5) is 0 Å². The van der Waals surface area contributed by atoms with Crippen LogP contribution in [0.5, 0.6) is 0 Å². The minimum atomic E-state index is -1.16. The van der Waals surface area contributed by atoms with Crippen LogP contribution in [0, 0.1) is 0 Å². The van der Waals surface area contributed by atoms with Gasteiger partial charge in [-0.15, -0.1) is 0 Å². The van der Waals surface area contributed by atoms with E-state index in [-0.39, 0.29) is 0 Å². The van der Waals surface area contributed by atoms with Crippen LogP contribution in [0.25, 0.3) is 0 Å². The van der Waals surface area contributed by atoms with Crippen LogP contribution < -0.4 is 0 Å². The zero-order valence-corrected chi connectivity index (χ0v) is 17.5. The van der Waals surface area contributed by atoms with E-state index >= 15 is 0 Å². The molecule has 0 saturated carbocycles. The van der Waals surface area contributed by atoms with Gasteiger partial charge in [0.1, 0.15) is 0 Å². The molecular weight excluding hydrogens is 335 g/mol. The molecule has 0 aromatic rings. The summed E-state index contributed by atoms with van der Waals surface area (Å²) in [4.78, 5) is 5.05. The fourth-order valence-electron chi connectivity index (χ4n) is 2.79. The Bertz CT molecular complexity index is 184. The van der Waals surface area contributed by atoms with Crippen molar-refractivity contribution in [2.24, 2.45) is 0 Å². The van der Waals surface area contributed by atoms with Gasteiger partial charge in [0, 0.05) is 0 Å². The molecule has 0 aromatic heterocycles. The third-order valence-corrected chi connectivity index (χ3v) is 15.3. The molecule has 0 heterocycles. The van der Waals surface area contributed by atoms with Crippen LogP contribution in [0.3, 0.4) is 0 Å². The summed E-state index contributed by atoms with van der Waals surface area (Å²) in [6, 6.07) is 0. The van der Waals surface area contributed by atoms with Gasteiger partial charge in [-0.25, -0.2) is 0 Å². The topological polar surface area (TPSA) is 6.48 Å². The van der Waals surface area contributed by atoms with Crippen LogP contribution in [0.2, 0.25) is 12.5 Å². The van der Waals surface area contributed by atoms with Crippen LogP contribution in [-0.4, -0.2) is 71.0 Å². The van der Waals surface area contributed by atoms with Gasteiger partial charge in [-0.3, -0.25) is 0 Å². The Morgan fingerprint density at radius 3 is 1.79 bits per heavy atom. The van der Waals surface area contributed by atoms with Crippen LogP contribution in [0.15, 0.2) is 0 Å². The fraction of sp³-hybridized carbons (Fsp3) is 1.00. The quantitative estimate of drug-likeness (QED) is 0.483. The van der Waals surface area contributed by atoms with E-state index in [1.54, 1.807) is 12.5 Å². The Hall–Kier alpha value is 0.790. The van der Waals surface area contributed by atoms with Crippen molar-refractivity contribution in [2.45, 2.75) is 59.5 Å². The van der Waals surface area contributed by atoms with Gasteiger partial charge in [-0.2, -0.15) is 0 Å². The molecule has 0 radical (unpaired) electrons. The molecule has 0 aliphatic carbocycles. The molecule has 0 bridgehead atoms. The Kier molecular flexibility index (Phi) is 14.3. The van der Waals surface area contributed by atoms with Gasteiger partial charge in [0.2, 0.25) is 0 Å². The van der Waals surface area contributed by atoms with Crippen LogP contribution >= 0.6 is 0 Å². The second kappa shape index (κ2) is 13.8. The molecule has 0 rings (SSSR count). The van der Waals surface area contributed by atoms with Gasteiger partial charge in [-0.1, -0.05) is 0 Å². The van der Waals surface area contributed by atoms with Crippen molar-refractivity contribution in [3.8, 4) is 0 Å². The first-order valence-electron chi connectivity index (χ1n) is 8.58. The van der Waals surface area contributed by atoms with Crippen LogP contribution in [0.1, 0.15) is 47.0 Å². The molecule has 0 N–H and O–H groups in total. The summed E-state index contributed by atoms with van der Waals surface area (Å²) in [6.45, 7) is 15.5. The molecule has 19 heavy (non-hydrogen) atoms. The van der Waals surface area contributed by atoms with E-state index in [1.165, 1.54) is 52.0 Å². The molecule has 0 fully saturated rings. The van der Waals surface area contributed by atoms with E-state index in [4.69, 9.17) is 0 Å². The standard InChI is InChI=1S/C7H16N.C6H14N.C3H7.In/c1-4-7-8(5-2)6-3;1-4-6-7(3)5-2;1-3-2;/h1,4-7H2,2-3H3;1,4-6H2,2-3H3;1,3H2,2H3;. The summed E-state index contributed by atoms with van der Waals surface area (Å²) in [6.07, 6.45) is 4.39. The molecule has 0 aliphatic rings. The van der Waals surface area contributed by atoms with Gasteiger partial charge in [0.05, 0.1) is 0 Å². The first kappa shape index (κ1) is 19.8. The van der Waals surface area contributed by atoms with Crippen molar-refractivity contribution in [3.63, 3.8) is 0 Å². The SMILES string of the molecule is CC[CH2][In]([CH2]CCN(C)CC)[CH2]CCN(CC)CC. The average molecular weight is 372 g/mol. The normalized spacial score (nSPS) is 11.5. The predicted octanol–water partition coefficient (Wildman–Crippen LogP) is 3.96. The molecule has 0 aromatic carbocycles. The molecule has 0 spiro atoms. The number of nitrogens with zero attached hydrogens (tertiary/aromatic N) is 2. The predicted molar refractivity (Wildman–Crippen MR) is 90.7 cm³/mol. The van der Waals surface area contributed by atoms with Gasteiger partial charge >= 0.3 is 130 Å². The van der Waals surface area contributed by atoms with Crippen molar-refractivity contribution < 1.29 is 0 Å². The van der Waals surface area contributed by atoms with Crippen molar-refractivity contribution in [3.05, 3.63) is 0 Å². The third-order valence-electron chi connectivity index (χ3n) is 4.37. The van der Waals surface area contributed by atoms with Crippen molar-refractivity contribution in [2.75, 3.05) is 39.8 Å². The summed E-state index contributed by atoms with van der Waals surface area (Å²) in [5.41, 5.74) is 0. The second-order valence-electron chi connectivity index (χ2n) is 5.86. The summed E-state index contributed by atoms with van der Waals surface area (Å²) in [5, 5.41) is 0. The molecule has 0 amide bonds. The molecule has 0 saturated heterocycles. The summed E-state index contributed by atoms with van der Waals surface area (Å²) in [5.74, 6) is 0. The summed E-state index contributed by atoms with van der Waals surface area (Å²) in [7, 11) is 2.25. The molecule has 0 aliphatic heterocycles. The van der Waals surface area contributed by atoms with Crippen LogP contribution in [-0.2, 0) is 0 Å². The zero-order chi connectivity index (χ0) is 14.5. The summed E-state index contributed by atoms with van der Waals surface area (Å²) >= 11 is -1.16. The monoisotopic (exact) mass is 372 g/mol. The molecule has 0 atom stereocenters. The molecule has 2 nitrogen and oxygen atoms in total. The van der Waals surface area contributed by atoms with Gasteiger partial charge in [-0.05, 0) is 0 Å². The first-order chi connectivity index (χ1) is 9.17. The Balaban J connectivity index is 3.78. The van der Waals surface area contributed by atoms with E-state index < -0.39 is 21.4 Å². The molecular formula is C16H37InN2. The Labute approximate surface area is 130 Å². The Morgan fingerprint density at radius 1 is 0.737 bits per heavy atom. The van der Waals surface area contributed by atoms with Gasteiger partial charge < -0.3 is 0 Å². The maximum absolute atomic E-state index is 2.58. The number of rotatable bonds is 13. The van der Waals surface area contributed by atoms with E-state index in [2.05, 4.69) is 44.5 Å². The third kappa shape index (κ3) is 11.2. The van der Waals surface area contributed by atoms with Gasteiger partial charge in [0.25, 0.3) is 0 Å². The summed E-state index contributed by atoms with van der Waals surface area (Å²) < 4.78 is 4.91. The molecule has 3 heteroatoms. The average Bonchev–Trinajstić information content (AvgIpc) is 2.43. The number of hydrogen-bond acceptors (Lipinski definition) is 2. The maximum atomic E-state index is 2.58. The van der Waals surface area contributed by atoms with E-state index in [0.29, 0.717) is 0 Å². The first-order valence-corrected chi connectivity index (χ1v) is 15.6. The van der Waals surface area contributed by atoms with Crippen molar-refractivity contribution in [1.82, 2.24) is 9.80 Å². The van der Waals surface area contributed by atoms with E-state index in [1.807, 2.05) is 0 Å². The Morgan fingerprint density at radius 2 is 1.32 bits per heavy atom. The van der Waals surface area contributed by atoms with E-state index in [9.17, 15) is 0 Å². The van der Waals surface area contributed by atoms with Gasteiger partial charge in [0.15, 0.2) is 0 Å². The van der Waals surface area contributed by atoms with E-state index in [0.717, 1.165) is 0 Å². The second-order valence-corrected chi connectivity index (χ2v) is 15.7.